The van der Waals surface area contributed by atoms with Gasteiger partial charge in [-0.1, -0.05) is 66.8 Å². The van der Waals surface area contributed by atoms with Crippen molar-refractivity contribution >= 4 is 43.3 Å². The lowest BCUT2D eigenvalue weighted by atomic mass is 9.75. The fourth-order valence-electron chi connectivity index (χ4n) is 4.95. The average Bonchev–Trinajstić information content (AvgIpc) is 2.81. The highest BCUT2D eigenvalue weighted by Crippen LogP contribution is 2.46. The van der Waals surface area contributed by atoms with Crippen LogP contribution in [0.5, 0.6) is 5.75 Å². The zero-order valence-electron chi connectivity index (χ0n) is 17.6. The molecule has 0 aliphatic heterocycles. The second-order valence-corrected chi connectivity index (χ2v) is 10.0. The van der Waals surface area contributed by atoms with Gasteiger partial charge >= 0.3 is 15.6 Å². The lowest BCUT2D eigenvalue weighted by Crippen LogP contribution is -2.28. The molecule has 7 heteroatoms. The SMILES string of the molecule is O=S(=O)(Oc1ccc2cc(C3=CCC4C=Cc5cccc6ccc3c4c56)ccc2c1)C(F)(F)F. The van der Waals surface area contributed by atoms with E-state index in [0.29, 0.717) is 11.3 Å². The van der Waals surface area contributed by atoms with Crippen molar-refractivity contribution in [1.82, 2.24) is 0 Å². The summed E-state index contributed by atoms with van der Waals surface area (Å²) < 4.78 is 64.8. The minimum Gasteiger partial charge on any atom is -0.376 e. The van der Waals surface area contributed by atoms with Crippen LogP contribution < -0.4 is 4.18 Å². The average molecular weight is 478 g/mol. The summed E-state index contributed by atoms with van der Waals surface area (Å²) >= 11 is 0. The highest BCUT2D eigenvalue weighted by molar-refractivity contribution is 7.88. The van der Waals surface area contributed by atoms with Crippen molar-refractivity contribution in [2.75, 3.05) is 0 Å². The van der Waals surface area contributed by atoms with Crippen molar-refractivity contribution in [1.29, 1.82) is 0 Å². The minimum absolute atomic E-state index is 0.327. The molecule has 3 nitrogen and oxygen atoms in total. The van der Waals surface area contributed by atoms with Gasteiger partial charge in [0.1, 0.15) is 5.75 Å². The number of hydrogen-bond acceptors (Lipinski definition) is 3. The molecule has 0 bridgehead atoms. The number of alkyl halides is 3. The van der Waals surface area contributed by atoms with Crippen LogP contribution in [0.2, 0.25) is 0 Å². The summed E-state index contributed by atoms with van der Waals surface area (Å²) in [7, 11) is -5.71. The molecule has 34 heavy (non-hydrogen) atoms. The first-order valence-electron chi connectivity index (χ1n) is 10.7. The first kappa shape index (κ1) is 21.0. The van der Waals surface area contributed by atoms with Gasteiger partial charge in [-0.15, -0.1) is 0 Å². The van der Waals surface area contributed by atoms with Crippen molar-refractivity contribution < 1.29 is 25.8 Å². The van der Waals surface area contributed by atoms with Gasteiger partial charge in [0.05, 0.1) is 0 Å². The Morgan fingerprint density at radius 2 is 1.65 bits per heavy atom. The van der Waals surface area contributed by atoms with E-state index in [1.54, 1.807) is 12.1 Å². The zero-order chi connectivity index (χ0) is 23.7. The highest BCUT2D eigenvalue weighted by Gasteiger charge is 2.48. The number of rotatable bonds is 3. The van der Waals surface area contributed by atoms with Crippen LogP contribution in [0.3, 0.4) is 0 Å². The molecule has 0 saturated carbocycles. The Morgan fingerprint density at radius 3 is 2.47 bits per heavy atom. The predicted molar refractivity (Wildman–Crippen MR) is 127 cm³/mol. The molecule has 4 aromatic rings. The summed E-state index contributed by atoms with van der Waals surface area (Å²) in [6, 6.07) is 20.3. The second kappa shape index (κ2) is 7.21. The molecular weight excluding hydrogens is 461 g/mol. The Hall–Kier alpha value is -3.58. The molecule has 1 unspecified atom stereocenters. The maximum atomic E-state index is 12.6. The summed E-state index contributed by atoms with van der Waals surface area (Å²) in [5.41, 5.74) is 0.342. The fraction of sp³-hybridized carbons (Fsp3) is 0.111. The zero-order valence-corrected chi connectivity index (χ0v) is 18.5. The number of allylic oxidation sites excluding steroid dienone is 2. The third-order valence-electron chi connectivity index (χ3n) is 6.48. The highest BCUT2D eigenvalue weighted by atomic mass is 32.2. The summed E-state index contributed by atoms with van der Waals surface area (Å²) in [6.07, 6.45) is 7.56. The van der Waals surface area contributed by atoms with Crippen molar-refractivity contribution in [3.8, 4) is 5.75 Å². The van der Waals surface area contributed by atoms with Crippen LogP contribution in [0.25, 0.3) is 33.2 Å². The van der Waals surface area contributed by atoms with E-state index in [-0.39, 0.29) is 5.75 Å². The Kier molecular flexibility index (Phi) is 4.45. The minimum atomic E-state index is -5.71. The van der Waals surface area contributed by atoms with Crippen molar-refractivity contribution in [2.24, 2.45) is 0 Å². The van der Waals surface area contributed by atoms with Gasteiger partial charge in [-0.3, -0.25) is 0 Å². The van der Waals surface area contributed by atoms with Crippen LogP contribution in [0.15, 0.2) is 78.9 Å². The van der Waals surface area contributed by atoms with Gasteiger partial charge < -0.3 is 4.18 Å². The van der Waals surface area contributed by atoms with Crippen LogP contribution in [-0.4, -0.2) is 13.9 Å². The quantitative estimate of drug-likeness (QED) is 0.232. The normalized spacial score (nSPS) is 17.1. The van der Waals surface area contributed by atoms with Gasteiger partial charge in [-0.05, 0) is 74.0 Å². The van der Waals surface area contributed by atoms with E-state index < -0.39 is 15.6 Å². The molecule has 0 spiro atoms. The first-order valence-corrected chi connectivity index (χ1v) is 12.1. The number of benzene rings is 4. The molecule has 170 valence electrons. The van der Waals surface area contributed by atoms with Gasteiger partial charge in [0.2, 0.25) is 0 Å². The lowest BCUT2D eigenvalue weighted by molar-refractivity contribution is -0.0500. The van der Waals surface area contributed by atoms with Gasteiger partial charge in [0, 0.05) is 5.92 Å². The van der Waals surface area contributed by atoms with Crippen LogP contribution in [0, 0.1) is 0 Å². The molecule has 0 fully saturated rings. The third-order valence-corrected chi connectivity index (χ3v) is 7.45. The van der Waals surface area contributed by atoms with E-state index in [1.807, 2.05) is 12.1 Å². The van der Waals surface area contributed by atoms with E-state index in [0.717, 1.165) is 22.9 Å². The van der Waals surface area contributed by atoms with E-state index in [9.17, 15) is 21.6 Å². The summed E-state index contributed by atoms with van der Waals surface area (Å²) in [5, 5.41) is 3.85. The van der Waals surface area contributed by atoms with Gasteiger partial charge in [-0.25, -0.2) is 0 Å². The molecule has 4 aromatic carbocycles. The molecule has 2 aliphatic carbocycles. The van der Waals surface area contributed by atoms with E-state index in [1.165, 1.54) is 39.6 Å². The molecule has 0 amide bonds. The van der Waals surface area contributed by atoms with E-state index >= 15 is 0 Å². The standard InChI is InChI=1S/C27H17F3O3S/c28-27(29,30)34(31,32)33-22-11-8-19-14-21(7-6-20(19)15-22)23-12-9-18-5-4-16-2-1-3-17-10-13-24(23)26(18)25(16)17/h1-8,10-15,18H,9H2. The molecule has 2 aliphatic rings. The van der Waals surface area contributed by atoms with Crippen molar-refractivity contribution in [3.05, 3.63) is 101 Å². The maximum Gasteiger partial charge on any atom is 0.534 e. The van der Waals surface area contributed by atoms with Crippen molar-refractivity contribution in [3.63, 3.8) is 0 Å². The first-order chi connectivity index (χ1) is 16.2. The van der Waals surface area contributed by atoms with Crippen molar-refractivity contribution in [2.45, 2.75) is 17.8 Å². The summed E-state index contributed by atoms with van der Waals surface area (Å²) in [5.74, 6) is -0.0522. The predicted octanol–water partition coefficient (Wildman–Crippen LogP) is 7.17. The van der Waals surface area contributed by atoms with Gasteiger partial charge in [0.15, 0.2) is 0 Å². The maximum absolute atomic E-state index is 12.6. The number of halogens is 3. The second-order valence-electron chi connectivity index (χ2n) is 8.50. The largest absolute Gasteiger partial charge is 0.534 e. The van der Waals surface area contributed by atoms with Gasteiger partial charge in [-0.2, -0.15) is 21.6 Å². The Morgan fingerprint density at radius 1 is 0.882 bits per heavy atom. The van der Waals surface area contributed by atoms with E-state index in [2.05, 4.69) is 52.7 Å². The monoisotopic (exact) mass is 478 g/mol. The van der Waals surface area contributed by atoms with Gasteiger partial charge in [0.25, 0.3) is 0 Å². The molecule has 1 atom stereocenters. The number of fused-ring (bicyclic) bond motifs is 1. The fourth-order valence-corrected chi connectivity index (χ4v) is 5.40. The third kappa shape index (κ3) is 3.22. The molecule has 0 saturated heterocycles. The van der Waals surface area contributed by atoms with Crippen LogP contribution >= 0.6 is 0 Å². The Bertz CT molecular complexity index is 1660. The Labute approximate surface area is 193 Å². The Balaban J connectivity index is 1.41. The summed E-state index contributed by atoms with van der Waals surface area (Å²) in [6.45, 7) is 0. The molecule has 0 radical (unpaired) electrons. The smallest absolute Gasteiger partial charge is 0.376 e. The number of hydrogen-bond donors (Lipinski definition) is 0. The molecular formula is C27H17F3O3S. The molecule has 0 N–H and O–H groups in total. The summed E-state index contributed by atoms with van der Waals surface area (Å²) in [4.78, 5) is 0. The van der Waals surface area contributed by atoms with Crippen LogP contribution in [-0.2, 0) is 10.1 Å². The van der Waals surface area contributed by atoms with Crippen LogP contribution in [0.1, 0.15) is 34.6 Å². The van der Waals surface area contributed by atoms with Crippen LogP contribution in [0.4, 0.5) is 13.2 Å². The molecule has 0 heterocycles. The topological polar surface area (TPSA) is 43.4 Å². The van der Waals surface area contributed by atoms with E-state index in [4.69, 9.17) is 0 Å². The molecule has 6 rings (SSSR count). The lowest BCUT2D eigenvalue weighted by Gasteiger charge is -2.29. The molecule has 0 aromatic heterocycles.